The van der Waals surface area contributed by atoms with Gasteiger partial charge < -0.3 is 4.90 Å². The quantitative estimate of drug-likeness (QED) is 0.416. The SMILES string of the molecule is Cc1ccc(CN2C(=O)CSC2c2cn(-c3ccccc3)nc2-c2ccccc2)cc1. The van der Waals surface area contributed by atoms with E-state index in [9.17, 15) is 4.79 Å². The molecule has 1 unspecified atom stereocenters. The van der Waals surface area contributed by atoms with Gasteiger partial charge in [-0.25, -0.2) is 4.68 Å². The zero-order valence-corrected chi connectivity index (χ0v) is 18.1. The molecule has 0 bridgehead atoms. The highest BCUT2D eigenvalue weighted by Gasteiger charge is 2.35. The van der Waals surface area contributed by atoms with Gasteiger partial charge in [0.1, 0.15) is 5.37 Å². The monoisotopic (exact) mass is 425 g/mol. The summed E-state index contributed by atoms with van der Waals surface area (Å²) in [4.78, 5) is 14.8. The van der Waals surface area contributed by atoms with Crippen LogP contribution in [0.1, 0.15) is 22.1 Å². The van der Waals surface area contributed by atoms with Gasteiger partial charge in [0.25, 0.3) is 0 Å². The Bertz CT molecular complexity index is 1190. The van der Waals surface area contributed by atoms with Crippen LogP contribution in [0.25, 0.3) is 16.9 Å². The standard InChI is InChI=1S/C26H23N3OS/c1-19-12-14-20(15-13-19)16-28-24(30)18-31-26(28)23-17-29(22-10-6-3-7-11-22)27-25(23)21-8-4-2-5-9-21/h2-15,17,26H,16,18H2,1H3. The molecule has 1 aliphatic heterocycles. The summed E-state index contributed by atoms with van der Waals surface area (Å²) in [5.74, 6) is 0.656. The summed E-state index contributed by atoms with van der Waals surface area (Å²) in [6.45, 7) is 2.68. The van der Waals surface area contributed by atoms with Crippen molar-refractivity contribution >= 4 is 17.7 Å². The Balaban J connectivity index is 1.56. The van der Waals surface area contributed by atoms with E-state index in [4.69, 9.17) is 5.10 Å². The Labute approximate surface area is 186 Å². The molecule has 1 amide bonds. The van der Waals surface area contributed by atoms with Crippen molar-refractivity contribution in [3.05, 3.63) is 108 Å². The maximum atomic E-state index is 12.8. The smallest absolute Gasteiger partial charge is 0.234 e. The second kappa shape index (κ2) is 8.44. The van der Waals surface area contributed by atoms with Gasteiger partial charge in [0.15, 0.2) is 0 Å². The highest BCUT2D eigenvalue weighted by atomic mass is 32.2. The Morgan fingerprint density at radius 3 is 2.32 bits per heavy atom. The van der Waals surface area contributed by atoms with Gasteiger partial charge in [-0.3, -0.25) is 4.79 Å². The molecule has 0 N–H and O–H groups in total. The molecular formula is C26H23N3OS. The van der Waals surface area contributed by atoms with E-state index in [0.29, 0.717) is 12.3 Å². The predicted molar refractivity (Wildman–Crippen MR) is 126 cm³/mol. The van der Waals surface area contributed by atoms with Crippen LogP contribution in [-0.2, 0) is 11.3 Å². The zero-order chi connectivity index (χ0) is 21.2. The molecule has 4 aromatic rings. The van der Waals surface area contributed by atoms with E-state index in [1.807, 2.05) is 58.1 Å². The molecule has 31 heavy (non-hydrogen) atoms. The summed E-state index contributed by atoms with van der Waals surface area (Å²) >= 11 is 1.67. The number of carbonyl (C=O) groups excluding carboxylic acids is 1. The number of amides is 1. The van der Waals surface area contributed by atoms with Gasteiger partial charge >= 0.3 is 0 Å². The van der Waals surface area contributed by atoms with E-state index < -0.39 is 0 Å². The van der Waals surface area contributed by atoms with Crippen LogP contribution in [0, 0.1) is 6.92 Å². The van der Waals surface area contributed by atoms with Gasteiger partial charge in [-0.2, -0.15) is 5.10 Å². The fourth-order valence-corrected chi connectivity index (χ4v) is 5.06. The molecule has 1 aliphatic rings. The average Bonchev–Trinajstić information content (AvgIpc) is 3.41. The molecule has 0 spiro atoms. The fourth-order valence-electron chi connectivity index (χ4n) is 3.87. The number of rotatable bonds is 5. The van der Waals surface area contributed by atoms with Crippen molar-refractivity contribution < 1.29 is 4.79 Å². The van der Waals surface area contributed by atoms with Gasteiger partial charge in [-0.1, -0.05) is 78.4 Å². The number of nitrogens with zero attached hydrogens (tertiary/aromatic N) is 3. The minimum absolute atomic E-state index is 0.0681. The second-order valence-electron chi connectivity index (χ2n) is 7.75. The van der Waals surface area contributed by atoms with Crippen molar-refractivity contribution in [1.82, 2.24) is 14.7 Å². The Morgan fingerprint density at radius 1 is 0.935 bits per heavy atom. The Kier molecular flexibility index (Phi) is 5.35. The number of hydrogen-bond donors (Lipinski definition) is 0. The second-order valence-corrected chi connectivity index (χ2v) is 8.82. The lowest BCUT2D eigenvalue weighted by atomic mass is 10.1. The van der Waals surface area contributed by atoms with Crippen LogP contribution in [0.4, 0.5) is 0 Å². The maximum absolute atomic E-state index is 12.8. The first-order valence-electron chi connectivity index (χ1n) is 10.4. The maximum Gasteiger partial charge on any atom is 0.234 e. The molecule has 154 valence electrons. The molecule has 0 radical (unpaired) electrons. The minimum atomic E-state index is -0.0681. The number of aryl methyl sites for hydroxylation is 1. The van der Waals surface area contributed by atoms with Crippen molar-refractivity contribution in [2.45, 2.75) is 18.8 Å². The van der Waals surface area contributed by atoms with Crippen LogP contribution < -0.4 is 0 Å². The number of hydrogen-bond acceptors (Lipinski definition) is 3. The number of benzene rings is 3. The first kappa shape index (κ1) is 19.6. The van der Waals surface area contributed by atoms with Gasteiger partial charge in [0, 0.05) is 23.9 Å². The van der Waals surface area contributed by atoms with Crippen molar-refractivity contribution in [3.8, 4) is 16.9 Å². The number of thioether (sulfide) groups is 1. The van der Waals surface area contributed by atoms with E-state index in [1.54, 1.807) is 11.8 Å². The van der Waals surface area contributed by atoms with E-state index in [2.05, 4.69) is 49.5 Å². The van der Waals surface area contributed by atoms with Gasteiger partial charge in [0.05, 0.1) is 17.1 Å². The molecule has 1 atom stereocenters. The Morgan fingerprint density at radius 2 is 1.61 bits per heavy atom. The van der Waals surface area contributed by atoms with Crippen LogP contribution in [0.5, 0.6) is 0 Å². The lowest BCUT2D eigenvalue weighted by Crippen LogP contribution is -2.27. The van der Waals surface area contributed by atoms with Gasteiger partial charge in [-0.05, 0) is 24.6 Å². The summed E-state index contributed by atoms with van der Waals surface area (Å²) in [5, 5.41) is 4.87. The molecule has 3 aromatic carbocycles. The normalized spacial score (nSPS) is 16.1. The molecule has 1 aromatic heterocycles. The minimum Gasteiger partial charge on any atom is -0.321 e. The first-order valence-corrected chi connectivity index (χ1v) is 11.4. The third-order valence-electron chi connectivity index (χ3n) is 5.52. The van der Waals surface area contributed by atoms with Crippen LogP contribution >= 0.6 is 11.8 Å². The molecule has 5 heteroatoms. The van der Waals surface area contributed by atoms with Crippen molar-refractivity contribution in [2.75, 3.05) is 5.75 Å². The fraction of sp³-hybridized carbons (Fsp3) is 0.154. The predicted octanol–water partition coefficient (Wildman–Crippen LogP) is 5.62. The molecule has 0 aliphatic carbocycles. The highest BCUT2D eigenvalue weighted by molar-refractivity contribution is 8.00. The Hall–Kier alpha value is -3.31. The highest BCUT2D eigenvalue weighted by Crippen LogP contribution is 2.43. The molecule has 1 saturated heterocycles. The molecule has 1 fully saturated rings. The topological polar surface area (TPSA) is 38.1 Å². The van der Waals surface area contributed by atoms with E-state index in [0.717, 1.165) is 28.1 Å². The third-order valence-corrected chi connectivity index (χ3v) is 6.76. The summed E-state index contributed by atoms with van der Waals surface area (Å²) in [7, 11) is 0. The van der Waals surface area contributed by atoms with Crippen molar-refractivity contribution in [2.24, 2.45) is 0 Å². The summed E-state index contributed by atoms with van der Waals surface area (Å²) in [6, 6.07) is 28.7. The number of carbonyl (C=O) groups is 1. The van der Waals surface area contributed by atoms with Gasteiger partial charge in [-0.15, -0.1) is 11.8 Å². The van der Waals surface area contributed by atoms with E-state index in [-0.39, 0.29) is 11.3 Å². The molecule has 0 saturated carbocycles. The lowest BCUT2D eigenvalue weighted by molar-refractivity contribution is -0.128. The number of para-hydroxylation sites is 1. The summed E-state index contributed by atoms with van der Waals surface area (Å²) in [6.07, 6.45) is 2.08. The molecular weight excluding hydrogens is 402 g/mol. The molecule has 2 heterocycles. The van der Waals surface area contributed by atoms with Crippen LogP contribution in [0.15, 0.2) is 91.1 Å². The van der Waals surface area contributed by atoms with Crippen molar-refractivity contribution in [1.29, 1.82) is 0 Å². The zero-order valence-electron chi connectivity index (χ0n) is 17.3. The third kappa shape index (κ3) is 4.01. The van der Waals surface area contributed by atoms with Crippen LogP contribution in [0.2, 0.25) is 0 Å². The van der Waals surface area contributed by atoms with Crippen LogP contribution in [-0.4, -0.2) is 26.3 Å². The molecule has 5 rings (SSSR count). The van der Waals surface area contributed by atoms with E-state index in [1.165, 1.54) is 5.56 Å². The van der Waals surface area contributed by atoms with E-state index >= 15 is 0 Å². The lowest BCUT2D eigenvalue weighted by Gasteiger charge is -2.24. The van der Waals surface area contributed by atoms with Gasteiger partial charge in [0.2, 0.25) is 5.91 Å². The summed E-state index contributed by atoms with van der Waals surface area (Å²) < 4.78 is 1.92. The largest absolute Gasteiger partial charge is 0.321 e. The number of aromatic nitrogens is 2. The first-order chi connectivity index (χ1) is 15.2. The van der Waals surface area contributed by atoms with Crippen LogP contribution in [0.3, 0.4) is 0 Å². The van der Waals surface area contributed by atoms with Crippen molar-refractivity contribution in [3.63, 3.8) is 0 Å². The molecule has 4 nitrogen and oxygen atoms in total. The summed E-state index contributed by atoms with van der Waals surface area (Å²) in [5.41, 5.74) is 6.41. The average molecular weight is 426 g/mol.